The Morgan fingerprint density at radius 2 is 1.57 bits per heavy atom. The lowest BCUT2D eigenvalue weighted by atomic mass is 9.98. The Hall–Kier alpha value is -0.730. The van der Waals surface area contributed by atoms with Gasteiger partial charge < -0.3 is 30.3 Å². The molecule has 7 nitrogen and oxygen atoms in total. The third-order valence-electron chi connectivity index (χ3n) is 2.06. The molecule has 0 spiro atoms. The molecule has 82 valence electrons. The van der Waals surface area contributed by atoms with Gasteiger partial charge in [-0.25, -0.2) is 4.79 Å². The van der Waals surface area contributed by atoms with Crippen LogP contribution in [0.25, 0.3) is 0 Å². The Labute approximate surface area is 79.2 Å². The van der Waals surface area contributed by atoms with Crippen molar-refractivity contribution in [2.24, 2.45) is 0 Å². The first-order valence-corrected chi connectivity index (χ1v) is 4.02. The fourth-order valence-electron chi connectivity index (χ4n) is 1.11. The fourth-order valence-corrected chi connectivity index (χ4v) is 1.11. The summed E-state index contributed by atoms with van der Waals surface area (Å²) in [5.41, 5.74) is 0. The Morgan fingerprint density at radius 3 is 2.14 bits per heavy atom. The maximum absolute atomic E-state index is 10.8. The molecule has 0 aromatic heterocycles. The van der Waals surface area contributed by atoms with Crippen molar-refractivity contribution < 1.29 is 35.1 Å². The minimum atomic E-state index is -1.92. The molecule has 14 heavy (non-hydrogen) atoms. The van der Waals surface area contributed by atoms with E-state index in [1.165, 1.54) is 0 Å². The van der Waals surface area contributed by atoms with E-state index in [1.807, 2.05) is 0 Å². The van der Waals surface area contributed by atoms with E-state index in [9.17, 15) is 9.90 Å². The number of hydrogen-bond donors (Lipinski definition) is 5. The molecule has 1 aliphatic rings. The number of rotatable bonds is 0. The number of carbonyl (C=O) groups excluding carboxylic acids is 1. The Bertz CT molecular complexity index is 218. The molecule has 0 aromatic carbocycles. The fraction of sp³-hybridized carbons (Fsp3) is 0.857. The monoisotopic (exact) mass is 208 g/mol. The van der Waals surface area contributed by atoms with Crippen LogP contribution in [-0.2, 0) is 9.53 Å². The van der Waals surface area contributed by atoms with Crippen LogP contribution in [0.5, 0.6) is 0 Å². The number of hydrogen-bond acceptors (Lipinski definition) is 7. The van der Waals surface area contributed by atoms with Gasteiger partial charge in [-0.2, -0.15) is 0 Å². The molecule has 5 N–H and O–H groups in total. The van der Waals surface area contributed by atoms with Crippen LogP contribution in [0, 0.1) is 0 Å². The smallest absolute Gasteiger partial charge is 0.337 e. The van der Waals surface area contributed by atoms with Crippen molar-refractivity contribution in [3.05, 3.63) is 0 Å². The second-order valence-corrected chi connectivity index (χ2v) is 3.11. The third-order valence-corrected chi connectivity index (χ3v) is 2.06. The first kappa shape index (κ1) is 11.3. The SMILES string of the molecule is O=C1OC[C@@H](O)[C@H](O)[C@H](O)[C@H](O)[C@@H]1O. The summed E-state index contributed by atoms with van der Waals surface area (Å²) in [6, 6.07) is 0. The van der Waals surface area contributed by atoms with Crippen molar-refractivity contribution in [3.63, 3.8) is 0 Å². The van der Waals surface area contributed by atoms with Crippen LogP contribution in [0.3, 0.4) is 0 Å². The molecular weight excluding hydrogens is 196 g/mol. The van der Waals surface area contributed by atoms with Crippen molar-refractivity contribution in [2.45, 2.75) is 30.5 Å². The van der Waals surface area contributed by atoms with Gasteiger partial charge in [0.1, 0.15) is 31.0 Å². The second-order valence-electron chi connectivity index (χ2n) is 3.11. The van der Waals surface area contributed by atoms with Gasteiger partial charge in [-0.15, -0.1) is 0 Å². The van der Waals surface area contributed by atoms with E-state index in [2.05, 4.69) is 4.74 Å². The zero-order valence-corrected chi connectivity index (χ0v) is 7.15. The number of aliphatic hydroxyl groups is 5. The number of esters is 1. The van der Waals surface area contributed by atoms with Crippen LogP contribution >= 0.6 is 0 Å². The Kier molecular flexibility index (Phi) is 3.40. The van der Waals surface area contributed by atoms with E-state index in [1.54, 1.807) is 0 Å². The number of aliphatic hydroxyl groups excluding tert-OH is 5. The van der Waals surface area contributed by atoms with Crippen LogP contribution in [0.4, 0.5) is 0 Å². The standard InChI is InChI=1S/C7H12O7/c8-2-1-14-7(13)6(12)5(11)4(10)3(2)9/h2-6,8-12H,1H2/t2-,3+,4+,5+,6+/m1/s1. The normalized spacial score (nSPS) is 45.2. The average Bonchev–Trinajstić information content (AvgIpc) is 2.19. The average molecular weight is 208 g/mol. The highest BCUT2D eigenvalue weighted by Gasteiger charge is 2.40. The lowest BCUT2D eigenvalue weighted by Gasteiger charge is -2.31. The molecule has 1 saturated heterocycles. The minimum Gasteiger partial charge on any atom is -0.461 e. The van der Waals surface area contributed by atoms with Gasteiger partial charge in [0.15, 0.2) is 6.10 Å². The lowest BCUT2D eigenvalue weighted by Crippen LogP contribution is -2.55. The summed E-state index contributed by atoms with van der Waals surface area (Å²) in [6.07, 6.45) is -8.77. The summed E-state index contributed by atoms with van der Waals surface area (Å²) in [7, 11) is 0. The molecule has 1 aliphatic heterocycles. The largest absolute Gasteiger partial charge is 0.461 e. The van der Waals surface area contributed by atoms with Crippen molar-refractivity contribution >= 4 is 5.97 Å². The van der Waals surface area contributed by atoms with Crippen molar-refractivity contribution in [2.75, 3.05) is 6.61 Å². The minimum absolute atomic E-state index is 0.541. The summed E-state index contributed by atoms with van der Waals surface area (Å²) in [4.78, 5) is 10.8. The van der Waals surface area contributed by atoms with Gasteiger partial charge in [0, 0.05) is 0 Å². The van der Waals surface area contributed by atoms with Gasteiger partial charge in [-0.3, -0.25) is 0 Å². The Balaban J connectivity index is 2.80. The molecule has 0 aromatic rings. The molecule has 0 saturated carbocycles. The highest BCUT2D eigenvalue weighted by molar-refractivity contribution is 5.75. The summed E-state index contributed by atoms with van der Waals surface area (Å²) >= 11 is 0. The van der Waals surface area contributed by atoms with Crippen LogP contribution in [0.2, 0.25) is 0 Å². The van der Waals surface area contributed by atoms with Gasteiger partial charge in [-0.1, -0.05) is 0 Å². The van der Waals surface area contributed by atoms with E-state index >= 15 is 0 Å². The third kappa shape index (κ3) is 2.02. The molecule has 0 bridgehead atoms. The maximum atomic E-state index is 10.8. The molecule has 0 amide bonds. The number of ether oxygens (including phenoxy) is 1. The molecule has 7 heteroatoms. The van der Waals surface area contributed by atoms with E-state index in [0.29, 0.717) is 0 Å². The van der Waals surface area contributed by atoms with Crippen LogP contribution in [-0.4, -0.2) is 68.6 Å². The summed E-state index contributed by atoms with van der Waals surface area (Å²) in [5.74, 6) is -1.15. The van der Waals surface area contributed by atoms with Crippen molar-refractivity contribution in [1.29, 1.82) is 0 Å². The van der Waals surface area contributed by atoms with Gasteiger partial charge in [0.05, 0.1) is 0 Å². The molecule has 1 fully saturated rings. The van der Waals surface area contributed by atoms with Crippen LogP contribution in [0.1, 0.15) is 0 Å². The van der Waals surface area contributed by atoms with Crippen LogP contribution in [0.15, 0.2) is 0 Å². The molecule has 0 aliphatic carbocycles. The van der Waals surface area contributed by atoms with Gasteiger partial charge in [0.2, 0.25) is 0 Å². The summed E-state index contributed by atoms with van der Waals surface area (Å²) < 4.78 is 4.33. The highest BCUT2D eigenvalue weighted by atomic mass is 16.6. The topological polar surface area (TPSA) is 127 Å². The lowest BCUT2D eigenvalue weighted by molar-refractivity contribution is -0.192. The zero-order chi connectivity index (χ0) is 10.9. The predicted molar refractivity (Wildman–Crippen MR) is 41.0 cm³/mol. The molecule has 0 radical (unpaired) electrons. The van der Waals surface area contributed by atoms with E-state index in [0.717, 1.165) is 0 Å². The van der Waals surface area contributed by atoms with Gasteiger partial charge in [0.25, 0.3) is 0 Å². The van der Waals surface area contributed by atoms with Crippen molar-refractivity contribution in [1.82, 2.24) is 0 Å². The maximum Gasteiger partial charge on any atom is 0.337 e. The van der Waals surface area contributed by atoms with Gasteiger partial charge >= 0.3 is 5.97 Å². The highest BCUT2D eigenvalue weighted by Crippen LogP contribution is 2.13. The summed E-state index contributed by atoms with van der Waals surface area (Å²) in [6.45, 7) is -0.541. The molecule has 5 atom stereocenters. The number of carbonyl (C=O) groups is 1. The zero-order valence-electron chi connectivity index (χ0n) is 7.15. The summed E-state index contributed by atoms with van der Waals surface area (Å²) in [5, 5.41) is 45.6. The van der Waals surface area contributed by atoms with E-state index in [-0.39, 0.29) is 0 Å². The molecule has 0 unspecified atom stereocenters. The number of cyclic esters (lactones) is 1. The predicted octanol–water partition coefficient (Wildman–Crippen LogP) is -3.65. The van der Waals surface area contributed by atoms with E-state index in [4.69, 9.17) is 20.4 Å². The van der Waals surface area contributed by atoms with E-state index < -0.39 is 43.1 Å². The van der Waals surface area contributed by atoms with Gasteiger partial charge in [-0.05, 0) is 0 Å². The molecular formula is C7H12O7. The molecule has 1 heterocycles. The molecule has 1 rings (SSSR count). The van der Waals surface area contributed by atoms with Crippen LogP contribution < -0.4 is 0 Å². The Morgan fingerprint density at radius 1 is 1.00 bits per heavy atom. The second kappa shape index (κ2) is 4.20. The first-order valence-electron chi connectivity index (χ1n) is 4.02. The quantitative estimate of drug-likeness (QED) is 0.260. The first-order chi connectivity index (χ1) is 6.45. The van der Waals surface area contributed by atoms with Crippen molar-refractivity contribution in [3.8, 4) is 0 Å².